The molecule has 21 heavy (non-hydrogen) atoms. The van der Waals surface area contributed by atoms with E-state index in [0.29, 0.717) is 0 Å². The lowest BCUT2D eigenvalue weighted by molar-refractivity contribution is -0.139. The van der Waals surface area contributed by atoms with Crippen LogP contribution in [0.25, 0.3) is 0 Å². The topological polar surface area (TPSA) is 167 Å². The normalized spacial score (nSPS) is 12.7. The van der Waals surface area contributed by atoms with Gasteiger partial charge in [0.05, 0.1) is 0 Å². The van der Waals surface area contributed by atoms with Crippen LogP contribution in [0.2, 0.25) is 0 Å². The lowest BCUT2D eigenvalue weighted by Crippen LogP contribution is -2.32. The van der Waals surface area contributed by atoms with Gasteiger partial charge in [0, 0.05) is 6.61 Å². The third kappa shape index (κ3) is 8.58. The zero-order valence-corrected chi connectivity index (χ0v) is 11.3. The second kappa shape index (κ2) is 9.70. The van der Waals surface area contributed by atoms with Gasteiger partial charge in [-0.05, 0) is 30.5 Å². The van der Waals surface area contributed by atoms with Crippen LogP contribution < -0.4 is 11.5 Å². The number of aromatic hydroxyl groups is 1. The zero-order valence-electron chi connectivity index (χ0n) is 11.3. The first-order valence-electron chi connectivity index (χ1n) is 6.13. The van der Waals surface area contributed by atoms with Crippen LogP contribution in [0.3, 0.4) is 0 Å². The number of carbonyl (C=O) groups is 2. The summed E-state index contributed by atoms with van der Waals surface area (Å²) in [5.74, 6) is -1.93. The minimum atomic E-state index is -1.07. The van der Waals surface area contributed by atoms with Crippen LogP contribution in [-0.2, 0) is 16.0 Å². The van der Waals surface area contributed by atoms with Gasteiger partial charge in [-0.15, -0.1) is 0 Å². The van der Waals surface area contributed by atoms with Crippen molar-refractivity contribution in [2.45, 2.75) is 24.9 Å². The van der Waals surface area contributed by atoms with Crippen LogP contribution in [0.1, 0.15) is 12.0 Å². The number of benzene rings is 1. The Bertz CT molecular complexity index is 448. The fraction of sp³-hybridized carbons (Fsp3) is 0.385. The fourth-order valence-corrected chi connectivity index (χ4v) is 1.24. The van der Waals surface area contributed by atoms with Gasteiger partial charge in [0.25, 0.3) is 0 Å². The third-order valence-electron chi connectivity index (χ3n) is 2.47. The standard InChI is InChI=1S/C9H11NO3.C4H9NO3/c10-8(9(12)13)5-6-1-3-7(11)4-2-6;5-3(1-2-6)4(7)8/h1-4,8,11H,5,10H2,(H,12,13);3,6H,1-2,5H2,(H,7,8). The van der Waals surface area contributed by atoms with Gasteiger partial charge in [-0.2, -0.15) is 0 Å². The fourth-order valence-electron chi connectivity index (χ4n) is 1.24. The molecule has 0 fully saturated rings. The van der Waals surface area contributed by atoms with Gasteiger partial charge >= 0.3 is 11.9 Å². The third-order valence-corrected chi connectivity index (χ3v) is 2.47. The lowest BCUT2D eigenvalue weighted by atomic mass is 10.1. The highest BCUT2D eigenvalue weighted by molar-refractivity contribution is 5.73. The molecule has 0 amide bonds. The maximum absolute atomic E-state index is 10.4. The molecule has 0 aliphatic heterocycles. The molecular weight excluding hydrogens is 280 g/mol. The van der Waals surface area contributed by atoms with Gasteiger partial charge in [-0.1, -0.05) is 12.1 Å². The number of hydrogen-bond acceptors (Lipinski definition) is 6. The van der Waals surface area contributed by atoms with E-state index in [1.165, 1.54) is 12.1 Å². The minimum Gasteiger partial charge on any atom is -0.508 e. The summed E-state index contributed by atoms with van der Waals surface area (Å²) in [6.45, 7) is -0.173. The summed E-state index contributed by atoms with van der Waals surface area (Å²) in [5.41, 5.74) is 11.1. The first-order chi connectivity index (χ1) is 9.77. The van der Waals surface area contributed by atoms with Crippen molar-refractivity contribution in [1.82, 2.24) is 0 Å². The van der Waals surface area contributed by atoms with Crippen LogP contribution >= 0.6 is 0 Å². The van der Waals surface area contributed by atoms with Crippen molar-refractivity contribution in [3.05, 3.63) is 29.8 Å². The number of aliphatic hydroxyl groups is 1. The van der Waals surface area contributed by atoms with E-state index in [0.717, 1.165) is 5.56 Å². The summed E-state index contributed by atoms with van der Waals surface area (Å²) in [7, 11) is 0. The molecule has 0 aliphatic rings. The van der Waals surface area contributed by atoms with Gasteiger partial charge < -0.3 is 31.9 Å². The number of carboxylic acids is 2. The van der Waals surface area contributed by atoms with Crippen LogP contribution in [0.5, 0.6) is 5.75 Å². The van der Waals surface area contributed by atoms with E-state index < -0.39 is 24.0 Å². The Kier molecular flexibility index (Phi) is 8.70. The van der Waals surface area contributed by atoms with Crippen LogP contribution in [0.15, 0.2) is 24.3 Å². The molecule has 2 atom stereocenters. The van der Waals surface area contributed by atoms with E-state index in [2.05, 4.69) is 0 Å². The van der Waals surface area contributed by atoms with Crippen LogP contribution in [0.4, 0.5) is 0 Å². The van der Waals surface area contributed by atoms with Crippen LogP contribution in [-0.4, -0.2) is 51.1 Å². The Morgan fingerprint density at radius 3 is 1.81 bits per heavy atom. The summed E-state index contributed by atoms with van der Waals surface area (Å²) in [4.78, 5) is 20.2. The average molecular weight is 300 g/mol. The molecular formula is C13H20N2O6. The Balaban J connectivity index is 0.000000433. The van der Waals surface area contributed by atoms with Gasteiger partial charge in [0.1, 0.15) is 17.8 Å². The SMILES string of the molecule is NC(CCO)C(=O)O.NC(Cc1ccc(O)cc1)C(=O)O. The van der Waals surface area contributed by atoms with E-state index in [-0.39, 0.29) is 25.2 Å². The summed E-state index contributed by atoms with van der Waals surface area (Å²) >= 11 is 0. The van der Waals surface area contributed by atoms with E-state index >= 15 is 0 Å². The number of aliphatic hydroxyl groups excluding tert-OH is 1. The van der Waals surface area contributed by atoms with Crippen molar-refractivity contribution in [3.8, 4) is 5.75 Å². The Hall–Kier alpha value is -2.16. The molecule has 1 rings (SSSR count). The predicted octanol–water partition coefficient (Wildman–Crippen LogP) is -0.873. The van der Waals surface area contributed by atoms with Crippen molar-refractivity contribution in [3.63, 3.8) is 0 Å². The van der Waals surface area contributed by atoms with E-state index in [1.54, 1.807) is 12.1 Å². The first-order valence-corrected chi connectivity index (χ1v) is 6.13. The molecule has 8 N–H and O–H groups in total. The molecule has 0 saturated carbocycles. The second-order valence-corrected chi connectivity index (χ2v) is 4.27. The van der Waals surface area contributed by atoms with E-state index in [4.69, 9.17) is 31.9 Å². The highest BCUT2D eigenvalue weighted by atomic mass is 16.4. The van der Waals surface area contributed by atoms with E-state index in [1.807, 2.05) is 0 Å². The quantitative estimate of drug-likeness (QED) is 0.394. The summed E-state index contributed by atoms with van der Waals surface area (Å²) in [6, 6.07) is 4.51. The molecule has 1 aromatic carbocycles. The largest absolute Gasteiger partial charge is 0.508 e. The Labute approximate surface area is 121 Å². The average Bonchev–Trinajstić information content (AvgIpc) is 2.42. The maximum atomic E-state index is 10.4. The van der Waals surface area contributed by atoms with Crippen molar-refractivity contribution in [1.29, 1.82) is 0 Å². The molecule has 0 heterocycles. The number of phenols is 1. The van der Waals surface area contributed by atoms with E-state index in [9.17, 15) is 9.59 Å². The van der Waals surface area contributed by atoms with Gasteiger partial charge in [-0.25, -0.2) is 0 Å². The number of rotatable bonds is 6. The predicted molar refractivity (Wildman–Crippen MR) is 74.7 cm³/mol. The molecule has 118 valence electrons. The van der Waals surface area contributed by atoms with Gasteiger partial charge in [0.15, 0.2) is 0 Å². The number of phenolic OH excluding ortho intramolecular Hbond substituents is 1. The van der Waals surface area contributed by atoms with Crippen molar-refractivity contribution < 1.29 is 30.0 Å². The zero-order chi connectivity index (χ0) is 16.4. The molecule has 8 heteroatoms. The van der Waals surface area contributed by atoms with Gasteiger partial charge in [-0.3, -0.25) is 9.59 Å². The maximum Gasteiger partial charge on any atom is 0.320 e. The number of nitrogens with two attached hydrogens (primary N) is 2. The molecule has 0 spiro atoms. The molecule has 0 aromatic heterocycles. The molecule has 2 unspecified atom stereocenters. The molecule has 0 aliphatic carbocycles. The lowest BCUT2D eigenvalue weighted by Gasteiger charge is -2.05. The number of carboxylic acid groups (broad SMARTS) is 2. The monoisotopic (exact) mass is 300 g/mol. The Morgan fingerprint density at radius 2 is 1.48 bits per heavy atom. The number of hydrogen-bond donors (Lipinski definition) is 6. The van der Waals surface area contributed by atoms with Gasteiger partial charge in [0.2, 0.25) is 0 Å². The second-order valence-electron chi connectivity index (χ2n) is 4.27. The highest BCUT2D eigenvalue weighted by Crippen LogP contribution is 2.10. The van der Waals surface area contributed by atoms with Crippen molar-refractivity contribution >= 4 is 11.9 Å². The molecule has 0 bridgehead atoms. The van der Waals surface area contributed by atoms with Crippen LogP contribution in [0, 0.1) is 0 Å². The van der Waals surface area contributed by atoms with Crippen molar-refractivity contribution in [2.24, 2.45) is 11.5 Å². The van der Waals surface area contributed by atoms with Crippen molar-refractivity contribution in [2.75, 3.05) is 6.61 Å². The summed E-state index contributed by atoms with van der Waals surface area (Å²) in [6.07, 6.45) is 0.394. The Morgan fingerprint density at radius 1 is 1.00 bits per heavy atom. The molecule has 0 saturated heterocycles. The highest BCUT2D eigenvalue weighted by Gasteiger charge is 2.11. The smallest absolute Gasteiger partial charge is 0.320 e. The number of aliphatic carboxylic acids is 2. The summed E-state index contributed by atoms with van der Waals surface area (Å²) < 4.78 is 0. The molecule has 8 nitrogen and oxygen atoms in total. The minimum absolute atomic E-state index is 0.120. The molecule has 1 aromatic rings. The first kappa shape index (κ1) is 18.8. The molecule has 0 radical (unpaired) electrons. The summed E-state index contributed by atoms with van der Waals surface area (Å²) in [5, 5.41) is 33.7.